The molecule has 0 fully saturated rings. The largest absolute Gasteiger partial charge is 0.449 e. The van der Waals surface area contributed by atoms with Gasteiger partial charge >= 0.3 is 26.0 Å². The van der Waals surface area contributed by atoms with Crippen LogP contribution in [0.5, 0.6) is 0 Å². The Morgan fingerprint density at radius 1 is 1.16 bits per heavy atom. The maximum absolute atomic E-state index is 13.6. The van der Waals surface area contributed by atoms with Crippen LogP contribution in [0.4, 0.5) is 37.0 Å². The Kier molecular flexibility index (Phi) is 9.90. The number of anilines is 1. The zero-order chi connectivity index (χ0) is 28.1. The summed E-state index contributed by atoms with van der Waals surface area (Å²) >= 11 is 0. The molecule has 3 N–H and O–H groups in total. The summed E-state index contributed by atoms with van der Waals surface area (Å²) < 4.78 is 102. The van der Waals surface area contributed by atoms with Gasteiger partial charge in [-0.05, 0) is 13.3 Å². The highest BCUT2D eigenvalue weighted by atomic mass is 31.2. The number of alkyl halides is 6. The number of fused-ring (bicyclic) bond motifs is 1. The highest BCUT2D eigenvalue weighted by Crippen LogP contribution is 2.62. The molecular formula is C19H26F6N5O6P. The summed E-state index contributed by atoms with van der Waals surface area (Å²) in [5.74, 6) is -0.0272. The van der Waals surface area contributed by atoms with Crippen molar-refractivity contribution in [2.45, 2.75) is 69.7 Å². The summed E-state index contributed by atoms with van der Waals surface area (Å²) in [7, 11) is -6.39. The molecule has 0 spiro atoms. The number of imidazole rings is 1. The van der Waals surface area contributed by atoms with Gasteiger partial charge in [0.25, 0.3) is 0 Å². The van der Waals surface area contributed by atoms with Crippen LogP contribution in [0.1, 0.15) is 39.5 Å². The molecule has 37 heavy (non-hydrogen) atoms. The van der Waals surface area contributed by atoms with Gasteiger partial charge < -0.3 is 23.8 Å². The number of carbonyl (C=O) groups excluding carboxylic acids is 1. The third-order valence-electron chi connectivity index (χ3n) is 5.24. The third-order valence-corrected chi connectivity index (χ3v) is 6.90. The van der Waals surface area contributed by atoms with Crippen molar-refractivity contribution in [2.75, 3.05) is 18.5 Å². The van der Waals surface area contributed by atoms with Gasteiger partial charge in [0.1, 0.15) is 6.33 Å². The van der Waals surface area contributed by atoms with Crippen LogP contribution in [0.25, 0.3) is 11.2 Å². The maximum atomic E-state index is 13.6. The summed E-state index contributed by atoms with van der Waals surface area (Å²) in [4.78, 5) is 42.4. The molecule has 11 nitrogen and oxygen atoms in total. The van der Waals surface area contributed by atoms with Crippen LogP contribution in [-0.4, -0.2) is 72.2 Å². The van der Waals surface area contributed by atoms with Crippen molar-refractivity contribution in [1.29, 1.82) is 0 Å². The van der Waals surface area contributed by atoms with Gasteiger partial charge in [0, 0.05) is 0 Å². The van der Waals surface area contributed by atoms with Crippen LogP contribution in [-0.2, 0) is 20.6 Å². The lowest BCUT2D eigenvalue weighted by Gasteiger charge is -2.36. The molecule has 2 rings (SSSR count). The highest BCUT2D eigenvalue weighted by molar-refractivity contribution is 7.53. The van der Waals surface area contributed by atoms with Gasteiger partial charge in [0.2, 0.25) is 0 Å². The molecule has 2 atom stereocenters. The number of hydrogen-bond donors (Lipinski definition) is 3. The summed E-state index contributed by atoms with van der Waals surface area (Å²) in [6.45, 7) is 1.09. The number of hydrogen-bond acceptors (Lipinski definition) is 7. The Balaban J connectivity index is 2.17. The van der Waals surface area contributed by atoms with Gasteiger partial charge in [-0.25, -0.2) is 19.7 Å². The molecule has 0 bridgehead atoms. The van der Waals surface area contributed by atoms with E-state index in [2.05, 4.69) is 20.3 Å². The summed E-state index contributed by atoms with van der Waals surface area (Å²) in [6, 6.07) is 0. The van der Waals surface area contributed by atoms with Gasteiger partial charge in [-0.3, -0.25) is 9.88 Å². The van der Waals surface area contributed by atoms with E-state index in [0.717, 1.165) is 19.2 Å². The SMILES string of the molecule is CCCCCOC(=O)Nc1ncnc2c1ncn2CC(C)OC[C@](CC(F)(F)F)(C(F)(F)F)P(=O)(O)O. The average Bonchev–Trinajstić information content (AvgIpc) is 3.15. The number of nitrogens with zero attached hydrogens (tertiary/aromatic N) is 4. The first-order valence-corrected chi connectivity index (χ1v) is 12.5. The van der Waals surface area contributed by atoms with E-state index >= 15 is 0 Å². The molecule has 1 amide bonds. The van der Waals surface area contributed by atoms with Crippen molar-refractivity contribution in [3.8, 4) is 0 Å². The van der Waals surface area contributed by atoms with E-state index < -0.39 is 50.3 Å². The molecule has 0 aliphatic rings. The predicted octanol–water partition coefficient (Wildman–Crippen LogP) is 4.40. The smallest absolute Gasteiger partial charge is 0.412 e. The maximum Gasteiger partial charge on any atom is 0.412 e. The van der Waals surface area contributed by atoms with Crippen molar-refractivity contribution in [2.24, 2.45) is 0 Å². The lowest BCUT2D eigenvalue weighted by Crippen LogP contribution is -2.52. The second-order valence-electron chi connectivity index (χ2n) is 8.25. The first-order valence-electron chi connectivity index (χ1n) is 10.9. The first kappa shape index (κ1) is 30.7. The standard InChI is InChI=1S/C19H26F6N5O6P/c1-3-4-5-6-35-16(31)29-14-13-15(27-10-26-14)30(11-28-13)7-12(2)36-9-17(19(23,24)25,37(32,33)34)8-18(20,21)22/h10-12H,3-9H2,1-2H3,(H2,32,33,34)(H,26,27,29,31)/t12?,17-/m1/s1. The molecule has 0 radical (unpaired) electrons. The van der Waals surface area contributed by atoms with Gasteiger partial charge in [-0.1, -0.05) is 19.8 Å². The number of unbranched alkanes of at least 4 members (excludes halogenated alkanes) is 2. The van der Waals surface area contributed by atoms with Crippen molar-refractivity contribution < 1.29 is 55.0 Å². The monoisotopic (exact) mass is 565 g/mol. The van der Waals surface area contributed by atoms with Crippen LogP contribution < -0.4 is 5.32 Å². The van der Waals surface area contributed by atoms with Crippen molar-refractivity contribution in [3.05, 3.63) is 12.7 Å². The Bertz CT molecular complexity index is 1110. The molecule has 0 aliphatic carbocycles. The average molecular weight is 565 g/mol. The second-order valence-corrected chi connectivity index (χ2v) is 10.2. The quantitative estimate of drug-likeness (QED) is 0.193. The molecule has 0 aromatic carbocycles. The molecule has 0 aliphatic heterocycles. The van der Waals surface area contributed by atoms with E-state index in [4.69, 9.17) is 9.47 Å². The van der Waals surface area contributed by atoms with Gasteiger partial charge in [0.15, 0.2) is 22.1 Å². The van der Waals surface area contributed by atoms with Crippen molar-refractivity contribution in [3.63, 3.8) is 0 Å². The number of aromatic nitrogens is 4. The molecule has 2 aromatic heterocycles. The van der Waals surface area contributed by atoms with E-state index in [1.165, 1.54) is 17.8 Å². The van der Waals surface area contributed by atoms with E-state index in [1.807, 2.05) is 6.92 Å². The van der Waals surface area contributed by atoms with E-state index in [9.17, 15) is 45.5 Å². The zero-order valence-electron chi connectivity index (χ0n) is 19.7. The summed E-state index contributed by atoms with van der Waals surface area (Å²) in [5, 5.41) is -2.09. The van der Waals surface area contributed by atoms with Crippen LogP contribution in [0.3, 0.4) is 0 Å². The minimum Gasteiger partial charge on any atom is -0.449 e. The number of halogens is 6. The Morgan fingerprint density at radius 3 is 2.41 bits per heavy atom. The van der Waals surface area contributed by atoms with Gasteiger partial charge in [-0.15, -0.1) is 0 Å². The normalized spacial score (nSPS) is 15.4. The van der Waals surface area contributed by atoms with Crippen LogP contribution in [0.2, 0.25) is 0 Å². The number of carbonyl (C=O) groups is 1. The second kappa shape index (κ2) is 11.9. The molecule has 18 heteroatoms. The molecule has 0 saturated heterocycles. The van der Waals surface area contributed by atoms with E-state index in [1.54, 1.807) is 0 Å². The fraction of sp³-hybridized carbons (Fsp3) is 0.684. The molecule has 210 valence electrons. The van der Waals surface area contributed by atoms with Gasteiger partial charge in [-0.2, -0.15) is 26.3 Å². The topological polar surface area (TPSA) is 149 Å². The van der Waals surface area contributed by atoms with Crippen molar-refractivity contribution in [1.82, 2.24) is 19.5 Å². The Labute approximate surface area is 206 Å². The molecule has 2 aromatic rings. The minimum absolute atomic E-state index is 0.0272. The number of amides is 1. The Morgan fingerprint density at radius 2 is 1.84 bits per heavy atom. The van der Waals surface area contributed by atoms with Crippen LogP contribution in [0, 0.1) is 0 Å². The summed E-state index contributed by atoms with van der Waals surface area (Å²) in [6.07, 6.45) is -11.7. The zero-order valence-corrected chi connectivity index (χ0v) is 20.6. The van der Waals surface area contributed by atoms with Crippen LogP contribution >= 0.6 is 7.60 Å². The summed E-state index contributed by atoms with van der Waals surface area (Å²) in [5.41, 5.74) is 0.177. The molecular weight excluding hydrogens is 539 g/mol. The third kappa shape index (κ3) is 7.99. The lowest BCUT2D eigenvalue weighted by atomic mass is 10.0. The van der Waals surface area contributed by atoms with E-state index in [-0.39, 0.29) is 30.1 Å². The predicted molar refractivity (Wildman–Crippen MR) is 117 cm³/mol. The lowest BCUT2D eigenvalue weighted by molar-refractivity contribution is -0.223. The number of nitrogens with one attached hydrogen (secondary N) is 1. The fourth-order valence-electron chi connectivity index (χ4n) is 3.28. The van der Waals surface area contributed by atoms with Crippen LogP contribution in [0.15, 0.2) is 12.7 Å². The molecule has 1 unspecified atom stereocenters. The number of rotatable bonds is 12. The van der Waals surface area contributed by atoms with Crippen molar-refractivity contribution >= 4 is 30.7 Å². The first-order chi connectivity index (χ1) is 17.0. The van der Waals surface area contributed by atoms with Gasteiger partial charge in [0.05, 0.1) is 38.6 Å². The fourth-order valence-corrected chi connectivity index (χ4v) is 4.24. The van der Waals surface area contributed by atoms with E-state index in [0.29, 0.717) is 6.42 Å². The minimum atomic E-state index is -6.39. The highest BCUT2D eigenvalue weighted by Gasteiger charge is 2.69. The molecule has 0 saturated carbocycles. The Hall–Kier alpha value is -2.49. The number of ether oxygens (including phenoxy) is 2. The molecule has 2 heterocycles.